The molecule has 0 saturated heterocycles. The van der Waals surface area contributed by atoms with Crippen LogP contribution in [0, 0.1) is 0 Å². The van der Waals surface area contributed by atoms with E-state index in [0.29, 0.717) is 6.42 Å². The Morgan fingerprint density at radius 1 is 1.18 bits per heavy atom. The summed E-state index contributed by atoms with van der Waals surface area (Å²) >= 11 is 0. The van der Waals surface area contributed by atoms with Gasteiger partial charge in [-0.3, -0.25) is 4.79 Å². The summed E-state index contributed by atoms with van der Waals surface area (Å²) in [6.45, 7) is 1.63. The van der Waals surface area contributed by atoms with Crippen LogP contribution in [0.5, 0.6) is 0 Å². The first-order chi connectivity index (χ1) is 8.34. The van der Waals surface area contributed by atoms with Gasteiger partial charge in [-0.1, -0.05) is 30.3 Å². The molecule has 0 heterocycles. The standard InChI is InChI=1S/C14H20N2O/c17-14(16-11-10-15-13-7-8-13)9-6-12-4-2-1-3-5-12/h1-5,13,15H,6-11H2,(H,16,17). The number of hydrogen-bond acceptors (Lipinski definition) is 2. The highest BCUT2D eigenvalue weighted by molar-refractivity contribution is 5.76. The van der Waals surface area contributed by atoms with Crippen molar-refractivity contribution in [3.05, 3.63) is 35.9 Å². The maximum Gasteiger partial charge on any atom is 0.220 e. The average Bonchev–Trinajstić information content (AvgIpc) is 3.17. The molecule has 2 rings (SSSR count). The molecule has 0 spiro atoms. The third-order valence-corrected chi connectivity index (χ3v) is 2.94. The Hall–Kier alpha value is -1.35. The highest BCUT2D eigenvalue weighted by Gasteiger charge is 2.19. The smallest absolute Gasteiger partial charge is 0.220 e. The average molecular weight is 232 g/mol. The van der Waals surface area contributed by atoms with Gasteiger partial charge in [-0.05, 0) is 24.8 Å². The molecule has 0 bridgehead atoms. The second-order valence-electron chi connectivity index (χ2n) is 4.56. The maximum atomic E-state index is 11.5. The van der Waals surface area contributed by atoms with Gasteiger partial charge in [-0.15, -0.1) is 0 Å². The molecular weight excluding hydrogens is 212 g/mol. The van der Waals surface area contributed by atoms with Gasteiger partial charge in [0.15, 0.2) is 0 Å². The molecule has 0 aliphatic heterocycles. The van der Waals surface area contributed by atoms with Crippen LogP contribution in [-0.4, -0.2) is 25.0 Å². The first kappa shape index (κ1) is 12.1. The molecule has 1 amide bonds. The third-order valence-electron chi connectivity index (χ3n) is 2.94. The number of carbonyl (C=O) groups excluding carboxylic acids is 1. The summed E-state index contributed by atoms with van der Waals surface area (Å²) in [6, 6.07) is 10.8. The van der Waals surface area contributed by atoms with Crippen LogP contribution in [-0.2, 0) is 11.2 Å². The molecule has 92 valence electrons. The number of rotatable bonds is 7. The van der Waals surface area contributed by atoms with Crippen LogP contribution in [0.4, 0.5) is 0 Å². The molecule has 0 atom stereocenters. The highest BCUT2D eigenvalue weighted by atomic mass is 16.1. The van der Waals surface area contributed by atoms with Crippen molar-refractivity contribution < 1.29 is 4.79 Å². The Balaban J connectivity index is 1.54. The van der Waals surface area contributed by atoms with Gasteiger partial charge in [0.1, 0.15) is 0 Å². The van der Waals surface area contributed by atoms with Crippen molar-refractivity contribution in [2.45, 2.75) is 31.7 Å². The van der Waals surface area contributed by atoms with Gasteiger partial charge in [-0.25, -0.2) is 0 Å². The van der Waals surface area contributed by atoms with E-state index < -0.39 is 0 Å². The lowest BCUT2D eigenvalue weighted by Crippen LogP contribution is -2.32. The molecule has 1 fully saturated rings. The summed E-state index contributed by atoms with van der Waals surface area (Å²) in [5, 5.41) is 6.31. The Labute approximate surface area is 103 Å². The van der Waals surface area contributed by atoms with Crippen LogP contribution in [0.2, 0.25) is 0 Å². The summed E-state index contributed by atoms with van der Waals surface area (Å²) in [4.78, 5) is 11.5. The molecule has 2 N–H and O–H groups in total. The molecule has 1 saturated carbocycles. The molecular formula is C14H20N2O. The fourth-order valence-electron chi connectivity index (χ4n) is 1.76. The molecule has 0 radical (unpaired) electrons. The van der Waals surface area contributed by atoms with Crippen LogP contribution in [0.1, 0.15) is 24.8 Å². The minimum atomic E-state index is 0.145. The van der Waals surface area contributed by atoms with Crippen molar-refractivity contribution in [3.63, 3.8) is 0 Å². The zero-order valence-electron chi connectivity index (χ0n) is 10.1. The van der Waals surface area contributed by atoms with Crippen LogP contribution in [0.3, 0.4) is 0 Å². The fraction of sp³-hybridized carbons (Fsp3) is 0.500. The van der Waals surface area contributed by atoms with Gasteiger partial charge in [0, 0.05) is 25.6 Å². The minimum absolute atomic E-state index is 0.145. The summed E-state index contributed by atoms with van der Waals surface area (Å²) < 4.78 is 0. The van der Waals surface area contributed by atoms with Crippen LogP contribution in [0.25, 0.3) is 0 Å². The monoisotopic (exact) mass is 232 g/mol. The summed E-state index contributed by atoms with van der Waals surface area (Å²) in [6.07, 6.45) is 3.99. The lowest BCUT2D eigenvalue weighted by molar-refractivity contribution is -0.121. The van der Waals surface area contributed by atoms with Crippen molar-refractivity contribution in [2.75, 3.05) is 13.1 Å². The SMILES string of the molecule is O=C(CCc1ccccc1)NCCNC1CC1. The second-order valence-corrected chi connectivity index (χ2v) is 4.56. The van der Waals surface area contributed by atoms with Crippen LogP contribution >= 0.6 is 0 Å². The van der Waals surface area contributed by atoms with Crippen LogP contribution < -0.4 is 10.6 Å². The summed E-state index contributed by atoms with van der Waals surface area (Å²) in [5.74, 6) is 0.145. The molecule has 3 nitrogen and oxygen atoms in total. The fourth-order valence-corrected chi connectivity index (χ4v) is 1.76. The van der Waals surface area contributed by atoms with E-state index in [9.17, 15) is 4.79 Å². The van der Waals surface area contributed by atoms with Crippen molar-refractivity contribution in [1.82, 2.24) is 10.6 Å². The topological polar surface area (TPSA) is 41.1 Å². The molecule has 17 heavy (non-hydrogen) atoms. The number of carbonyl (C=O) groups is 1. The van der Waals surface area contributed by atoms with E-state index in [1.165, 1.54) is 18.4 Å². The first-order valence-corrected chi connectivity index (χ1v) is 6.38. The van der Waals surface area contributed by atoms with E-state index in [1.807, 2.05) is 18.2 Å². The van der Waals surface area contributed by atoms with Crippen molar-refractivity contribution >= 4 is 5.91 Å². The van der Waals surface area contributed by atoms with E-state index in [-0.39, 0.29) is 5.91 Å². The Morgan fingerprint density at radius 2 is 1.94 bits per heavy atom. The van der Waals surface area contributed by atoms with E-state index in [1.54, 1.807) is 0 Å². The van der Waals surface area contributed by atoms with Crippen molar-refractivity contribution in [3.8, 4) is 0 Å². The number of amides is 1. The van der Waals surface area contributed by atoms with E-state index >= 15 is 0 Å². The second kappa shape index (κ2) is 6.40. The van der Waals surface area contributed by atoms with Crippen molar-refractivity contribution in [1.29, 1.82) is 0 Å². The molecule has 1 aromatic carbocycles. The predicted octanol–water partition coefficient (Wildman–Crippen LogP) is 1.49. The zero-order chi connectivity index (χ0) is 11.9. The molecule has 1 aliphatic rings. The van der Waals surface area contributed by atoms with Gasteiger partial charge < -0.3 is 10.6 Å². The molecule has 1 aliphatic carbocycles. The minimum Gasteiger partial charge on any atom is -0.355 e. The van der Waals surface area contributed by atoms with Gasteiger partial charge in [0.05, 0.1) is 0 Å². The van der Waals surface area contributed by atoms with Crippen molar-refractivity contribution in [2.24, 2.45) is 0 Å². The van der Waals surface area contributed by atoms with Gasteiger partial charge in [0.25, 0.3) is 0 Å². The molecule has 1 aromatic rings. The molecule has 3 heteroatoms. The zero-order valence-corrected chi connectivity index (χ0v) is 10.1. The quantitative estimate of drug-likeness (QED) is 0.699. The number of benzene rings is 1. The number of aryl methyl sites for hydroxylation is 1. The predicted molar refractivity (Wildman–Crippen MR) is 68.8 cm³/mol. The maximum absolute atomic E-state index is 11.5. The van der Waals surface area contributed by atoms with Crippen LogP contribution in [0.15, 0.2) is 30.3 Å². The van der Waals surface area contributed by atoms with E-state index in [2.05, 4.69) is 22.8 Å². The number of nitrogens with one attached hydrogen (secondary N) is 2. The largest absolute Gasteiger partial charge is 0.355 e. The number of hydrogen-bond donors (Lipinski definition) is 2. The van der Waals surface area contributed by atoms with Gasteiger partial charge >= 0.3 is 0 Å². The lowest BCUT2D eigenvalue weighted by atomic mass is 10.1. The summed E-state index contributed by atoms with van der Waals surface area (Å²) in [5.41, 5.74) is 1.22. The third kappa shape index (κ3) is 5.00. The normalized spacial score (nSPS) is 14.6. The molecule has 0 aromatic heterocycles. The lowest BCUT2D eigenvalue weighted by Gasteiger charge is -2.06. The summed E-state index contributed by atoms with van der Waals surface area (Å²) in [7, 11) is 0. The van der Waals surface area contributed by atoms with E-state index in [0.717, 1.165) is 25.6 Å². The Morgan fingerprint density at radius 3 is 2.65 bits per heavy atom. The Kier molecular flexibility index (Phi) is 4.56. The van der Waals surface area contributed by atoms with Gasteiger partial charge in [-0.2, -0.15) is 0 Å². The highest BCUT2D eigenvalue weighted by Crippen LogP contribution is 2.17. The van der Waals surface area contributed by atoms with E-state index in [4.69, 9.17) is 0 Å². The first-order valence-electron chi connectivity index (χ1n) is 6.38. The van der Waals surface area contributed by atoms with Gasteiger partial charge in [0.2, 0.25) is 5.91 Å². The Bertz CT molecular complexity index is 346. The molecule has 0 unspecified atom stereocenters.